The van der Waals surface area contributed by atoms with Gasteiger partial charge in [0.05, 0.1) is 5.69 Å². The fourth-order valence-corrected chi connectivity index (χ4v) is 2.06. The maximum Gasteiger partial charge on any atom is 0.411 e. The van der Waals surface area contributed by atoms with Crippen molar-refractivity contribution in [1.82, 2.24) is 0 Å². The number of benzene rings is 2. The Bertz CT molecular complexity index is 620. The normalized spacial score (nSPS) is 10.5. The molecule has 1 amide bonds. The molecule has 0 saturated carbocycles. The number of carbonyl (C=O) groups excluding carboxylic acids is 1. The van der Waals surface area contributed by atoms with Gasteiger partial charge in [0, 0.05) is 10.0 Å². The second-order valence-corrected chi connectivity index (χ2v) is 5.13. The van der Waals surface area contributed by atoms with E-state index in [1.165, 1.54) is 18.2 Å². The lowest BCUT2D eigenvalue weighted by Gasteiger charge is -2.11. The summed E-state index contributed by atoms with van der Waals surface area (Å²) in [6.07, 6.45) is -3.46. The van der Waals surface area contributed by atoms with E-state index in [9.17, 15) is 13.6 Å². The van der Waals surface area contributed by atoms with Crippen LogP contribution >= 0.6 is 15.9 Å². The van der Waals surface area contributed by atoms with Crippen molar-refractivity contribution in [3.05, 3.63) is 64.1 Å². The van der Waals surface area contributed by atoms with E-state index in [0.29, 0.717) is 4.47 Å². The highest BCUT2D eigenvalue weighted by Gasteiger charge is 2.15. The molecule has 0 atom stereocenters. The summed E-state index contributed by atoms with van der Waals surface area (Å²) in [6, 6.07) is 13.2. The highest BCUT2D eigenvalue weighted by atomic mass is 79.9. The largest absolute Gasteiger partial charge is 0.444 e. The number of nitrogens with one attached hydrogen (secondary N) is 1. The minimum atomic E-state index is -2.68. The molecule has 21 heavy (non-hydrogen) atoms. The van der Waals surface area contributed by atoms with Crippen LogP contribution in [0.4, 0.5) is 19.3 Å². The lowest BCUT2D eigenvalue weighted by molar-refractivity contribution is 0.150. The van der Waals surface area contributed by atoms with Crippen LogP contribution in [-0.4, -0.2) is 6.09 Å². The lowest BCUT2D eigenvalue weighted by Crippen LogP contribution is -2.15. The predicted octanol–water partition coefficient (Wildman–Crippen LogP) is 5.14. The Kier molecular flexibility index (Phi) is 5.27. The van der Waals surface area contributed by atoms with Crippen molar-refractivity contribution in [2.24, 2.45) is 0 Å². The van der Waals surface area contributed by atoms with Crippen LogP contribution in [0.1, 0.15) is 17.6 Å². The third-order valence-electron chi connectivity index (χ3n) is 2.70. The molecule has 0 aliphatic heterocycles. The summed E-state index contributed by atoms with van der Waals surface area (Å²) in [7, 11) is 0. The first-order chi connectivity index (χ1) is 10.1. The molecule has 0 bridgehead atoms. The highest BCUT2D eigenvalue weighted by molar-refractivity contribution is 9.10. The summed E-state index contributed by atoms with van der Waals surface area (Å²) in [5, 5.41) is 2.33. The van der Waals surface area contributed by atoms with Crippen LogP contribution < -0.4 is 5.32 Å². The van der Waals surface area contributed by atoms with Crippen molar-refractivity contribution in [1.29, 1.82) is 0 Å². The zero-order chi connectivity index (χ0) is 15.2. The monoisotopic (exact) mass is 355 g/mol. The SMILES string of the molecule is O=C(Nc1cc(Br)ccc1C(F)F)OCc1ccccc1. The molecule has 0 fully saturated rings. The van der Waals surface area contributed by atoms with Crippen molar-refractivity contribution in [2.75, 3.05) is 5.32 Å². The molecule has 6 heteroatoms. The number of hydrogen-bond acceptors (Lipinski definition) is 2. The Labute approximate surface area is 129 Å². The van der Waals surface area contributed by atoms with E-state index < -0.39 is 12.5 Å². The zero-order valence-corrected chi connectivity index (χ0v) is 12.4. The zero-order valence-electron chi connectivity index (χ0n) is 10.9. The number of amides is 1. The molecule has 2 aromatic rings. The van der Waals surface area contributed by atoms with Gasteiger partial charge in [0.25, 0.3) is 6.43 Å². The van der Waals surface area contributed by atoms with Gasteiger partial charge in [-0.3, -0.25) is 5.32 Å². The summed E-state index contributed by atoms with van der Waals surface area (Å²) in [5.41, 5.74) is 0.586. The van der Waals surface area contributed by atoms with Crippen LogP contribution in [0.3, 0.4) is 0 Å². The molecule has 110 valence electrons. The smallest absolute Gasteiger partial charge is 0.411 e. The summed E-state index contributed by atoms with van der Waals surface area (Å²) in [5.74, 6) is 0. The number of rotatable bonds is 4. The highest BCUT2D eigenvalue weighted by Crippen LogP contribution is 2.29. The number of hydrogen-bond donors (Lipinski definition) is 1. The minimum absolute atomic E-state index is 0.0254. The average Bonchev–Trinajstić information content (AvgIpc) is 2.46. The van der Waals surface area contributed by atoms with Gasteiger partial charge in [-0.1, -0.05) is 52.3 Å². The Morgan fingerprint density at radius 1 is 1.19 bits per heavy atom. The summed E-state index contributed by atoms with van der Waals surface area (Å²) in [4.78, 5) is 11.7. The number of alkyl halides is 2. The summed E-state index contributed by atoms with van der Waals surface area (Å²) < 4.78 is 31.3. The first-order valence-electron chi connectivity index (χ1n) is 6.11. The van der Waals surface area contributed by atoms with E-state index in [-0.39, 0.29) is 17.9 Å². The van der Waals surface area contributed by atoms with Crippen molar-refractivity contribution in [2.45, 2.75) is 13.0 Å². The molecule has 0 aliphatic carbocycles. The van der Waals surface area contributed by atoms with Crippen LogP contribution in [0.5, 0.6) is 0 Å². The van der Waals surface area contributed by atoms with E-state index in [1.54, 1.807) is 12.1 Å². The van der Waals surface area contributed by atoms with Crippen molar-refractivity contribution in [3.8, 4) is 0 Å². The first kappa shape index (κ1) is 15.4. The number of halogens is 3. The van der Waals surface area contributed by atoms with Crippen LogP contribution in [0.15, 0.2) is 53.0 Å². The van der Waals surface area contributed by atoms with Crippen molar-refractivity contribution in [3.63, 3.8) is 0 Å². The molecule has 0 spiro atoms. The fraction of sp³-hybridized carbons (Fsp3) is 0.133. The Morgan fingerprint density at radius 2 is 1.90 bits per heavy atom. The van der Waals surface area contributed by atoms with Gasteiger partial charge in [0.2, 0.25) is 0 Å². The van der Waals surface area contributed by atoms with Crippen molar-refractivity contribution >= 4 is 27.7 Å². The maximum absolute atomic E-state index is 12.9. The van der Waals surface area contributed by atoms with E-state index in [4.69, 9.17) is 4.74 Å². The third-order valence-corrected chi connectivity index (χ3v) is 3.19. The quantitative estimate of drug-likeness (QED) is 0.824. The molecule has 2 rings (SSSR count). The Hall–Kier alpha value is -1.95. The molecule has 1 N–H and O–H groups in total. The average molecular weight is 356 g/mol. The van der Waals surface area contributed by atoms with Crippen LogP contribution in [-0.2, 0) is 11.3 Å². The molecule has 0 aliphatic rings. The topological polar surface area (TPSA) is 38.3 Å². The fourth-order valence-electron chi connectivity index (χ4n) is 1.70. The second-order valence-electron chi connectivity index (χ2n) is 4.22. The lowest BCUT2D eigenvalue weighted by atomic mass is 10.2. The van der Waals surface area contributed by atoms with Gasteiger partial charge in [-0.25, -0.2) is 13.6 Å². The number of carbonyl (C=O) groups is 1. The van der Waals surface area contributed by atoms with Crippen LogP contribution in [0, 0.1) is 0 Å². The second kappa shape index (κ2) is 7.17. The maximum atomic E-state index is 12.9. The summed E-state index contributed by atoms with van der Waals surface area (Å²) >= 11 is 3.17. The number of anilines is 1. The van der Waals surface area contributed by atoms with E-state index in [0.717, 1.165) is 5.56 Å². The number of ether oxygens (including phenoxy) is 1. The van der Waals surface area contributed by atoms with Gasteiger partial charge in [-0.05, 0) is 17.7 Å². The van der Waals surface area contributed by atoms with E-state index in [1.807, 2.05) is 18.2 Å². The molecule has 0 aromatic heterocycles. The third kappa shape index (κ3) is 4.53. The minimum Gasteiger partial charge on any atom is -0.444 e. The molecular formula is C15H12BrF2NO2. The Balaban J connectivity index is 2.01. The Morgan fingerprint density at radius 3 is 2.57 bits per heavy atom. The summed E-state index contributed by atoms with van der Waals surface area (Å²) in [6.45, 7) is 0.0741. The molecule has 3 nitrogen and oxygen atoms in total. The molecule has 0 heterocycles. The van der Waals surface area contributed by atoms with E-state index in [2.05, 4.69) is 21.2 Å². The molecule has 0 unspecified atom stereocenters. The van der Waals surface area contributed by atoms with E-state index >= 15 is 0 Å². The van der Waals surface area contributed by atoms with Gasteiger partial charge in [-0.15, -0.1) is 0 Å². The van der Waals surface area contributed by atoms with Gasteiger partial charge in [0.1, 0.15) is 6.61 Å². The van der Waals surface area contributed by atoms with Gasteiger partial charge < -0.3 is 4.74 Å². The molecule has 2 aromatic carbocycles. The van der Waals surface area contributed by atoms with Crippen molar-refractivity contribution < 1.29 is 18.3 Å². The predicted molar refractivity (Wildman–Crippen MR) is 79.3 cm³/mol. The van der Waals surface area contributed by atoms with Crippen LogP contribution in [0.2, 0.25) is 0 Å². The first-order valence-corrected chi connectivity index (χ1v) is 6.91. The standard InChI is InChI=1S/C15H12BrF2NO2/c16-11-6-7-12(14(17)18)13(8-11)19-15(20)21-9-10-4-2-1-3-5-10/h1-8,14H,9H2,(H,19,20). The van der Waals surface area contributed by atoms with Gasteiger partial charge >= 0.3 is 6.09 Å². The molecule has 0 saturated heterocycles. The van der Waals surface area contributed by atoms with Gasteiger partial charge in [0.15, 0.2) is 0 Å². The van der Waals surface area contributed by atoms with Crippen LogP contribution in [0.25, 0.3) is 0 Å². The molecule has 0 radical (unpaired) electrons. The molecular weight excluding hydrogens is 344 g/mol. The van der Waals surface area contributed by atoms with Gasteiger partial charge in [-0.2, -0.15) is 0 Å².